The maximum Gasteiger partial charge on any atom is 0.168 e. The second kappa shape index (κ2) is 4.51. The summed E-state index contributed by atoms with van der Waals surface area (Å²) < 4.78 is 18.6. The van der Waals surface area contributed by atoms with Crippen LogP contribution in [-0.2, 0) is 0 Å². The number of hydrogen-bond acceptors (Lipinski definition) is 2. The highest BCUT2D eigenvalue weighted by Crippen LogP contribution is 2.26. The molecule has 0 radical (unpaired) electrons. The summed E-state index contributed by atoms with van der Waals surface area (Å²) in [6, 6.07) is 4.17. The standard InChI is InChI=1S/C12H15FO2/c13-11-8-10(6-7-12(11)14)15-9-4-2-1-3-5-9/h6-9,14H,1-5H2. The van der Waals surface area contributed by atoms with Gasteiger partial charge in [0.2, 0.25) is 0 Å². The van der Waals surface area contributed by atoms with E-state index in [9.17, 15) is 4.39 Å². The molecular formula is C12H15FO2. The number of hydrogen-bond donors (Lipinski definition) is 1. The monoisotopic (exact) mass is 210 g/mol. The maximum atomic E-state index is 13.0. The minimum atomic E-state index is -0.622. The van der Waals surface area contributed by atoms with E-state index >= 15 is 0 Å². The van der Waals surface area contributed by atoms with Crippen LogP contribution in [0.1, 0.15) is 32.1 Å². The largest absolute Gasteiger partial charge is 0.505 e. The molecule has 2 nitrogen and oxygen atoms in total. The minimum Gasteiger partial charge on any atom is -0.505 e. The van der Waals surface area contributed by atoms with Gasteiger partial charge in [-0.05, 0) is 37.8 Å². The van der Waals surface area contributed by atoms with Crippen LogP contribution in [0.5, 0.6) is 11.5 Å². The average Bonchev–Trinajstić information content (AvgIpc) is 2.25. The van der Waals surface area contributed by atoms with Gasteiger partial charge in [0.1, 0.15) is 5.75 Å². The fourth-order valence-electron chi connectivity index (χ4n) is 1.94. The minimum absolute atomic E-state index is 0.211. The van der Waals surface area contributed by atoms with Gasteiger partial charge in [-0.3, -0.25) is 0 Å². The third-order valence-corrected chi connectivity index (χ3v) is 2.77. The van der Waals surface area contributed by atoms with Crippen molar-refractivity contribution in [2.45, 2.75) is 38.2 Å². The van der Waals surface area contributed by atoms with Crippen molar-refractivity contribution in [3.63, 3.8) is 0 Å². The van der Waals surface area contributed by atoms with Gasteiger partial charge in [-0.25, -0.2) is 4.39 Å². The Hall–Kier alpha value is -1.25. The molecule has 15 heavy (non-hydrogen) atoms. The van der Waals surface area contributed by atoms with Crippen LogP contribution in [0.3, 0.4) is 0 Å². The summed E-state index contributed by atoms with van der Waals surface area (Å²) in [5.74, 6) is -0.438. The van der Waals surface area contributed by atoms with Gasteiger partial charge in [-0.1, -0.05) is 6.42 Å². The predicted molar refractivity (Wildman–Crippen MR) is 55.6 cm³/mol. The number of benzene rings is 1. The van der Waals surface area contributed by atoms with Crippen molar-refractivity contribution in [1.29, 1.82) is 0 Å². The quantitative estimate of drug-likeness (QED) is 0.812. The lowest BCUT2D eigenvalue weighted by atomic mass is 9.98. The summed E-state index contributed by atoms with van der Waals surface area (Å²) in [6.45, 7) is 0. The Bertz CT molecular complexity index is 332. The summed E-state index contributed by atoms with van der Waals surface area (Å²) in [7, 11) is 0. The van der Waals surface area contributed by atoms with Crippen LogP contribution in [0.15, 0.2) is 18.2 Å². The summed E-state index contributed by atoms with van der Waals surface area (Å²) >= 11 is 0. The van der Waals surface area contributed by atoms with E-state index in [1.165, 1.54) is 31.4 Å². The van der Waals surface area contributed by atoms with Crippen molar-refractivity contribution in [2.75, 3.05) is 0 Å². The molecule has 3 heteroatoms. The zero-order valence-corrected chi connectivity index (χ0v) is 8.58. The van der Waals surface area contributed by atoms with Gasteiger partial charge in [-0.2, -0.15) is 0 Å². The Morgan fingerprint density at radius 3 is 2.60 bits per heavy atom. The van der Waals surface area contributed by atoms with Gasteiger partial charge < -0.3 is 9.84 Å². The van der Waals surface area contributed by atoms with Crippen LogP contribution in [0.2, 0.25) is 0 Å². The molecule has 1 saturated carbocycles. The normalized spacial score (nSPS) is 17.7. The molecule has 0 heterocycles. The molecule has 0 aliphatic heterocycles. The van der Waals surface area contributed by atoms with Gasteiger partial charge in [0.15, 0.2) is 11.6 Å². The first kappa shape index (κ1) is 10.3. The molecule has 0 spiro atoms. The molecule has 0 amide bonds. The number of rotatable bonds is 2. The van der Waals surface area contributed by atoms with Gasteiger partial charge in [-0.15, -0.1) is 0 Å². The Labute approximate surface area is 88.7 Å². The van der Waals surface area contributed by atoms with E-state index < -0.39 is 5.82 Å². The summed E-state index contributed by atoms with van der Waals surface area (Å²) in [5, 5.41) is 9.02. The predicted octanol–water partition coefficient (Wildman–Crippen LogP) is 3.24. The molecule has 0 bridgehead atoms. The van der Waals surface area contributed by atoms with Gasteiger partial charge in [0.05, 0.1) is 6.10 Å². The fraction of sp³-hybridized carbons (Fsp3) is 0.500. The van der Waals surface area contributed by atoms with Crippen LogP contribution < -0.4 is 4.74 Å². The van der Waals surface area contributed by atoms with E-state index in [2.05, 4.69) is 0 Å². The third kappa shape index (κ3) is 2.61. The van der Waals surface area contributed by atoms with Crippen LogP contribution in [0.25, 0.3) is 0 Å². The molecule has 1 aliphatic rings. The highest BCUT2D eigenvalue weighted by Gasteiger charge is 2.15. The van der Waals surface area contributed by atoms with Crippen molar-refractivity contribution in [3.8, 4) is 11.5 Å². The van der Waals surface area contributed by atoms with E-state index in [0.29, 0.717) is 5.75 Å². The molecule has 82 valence electrons. The molecule has 1 fully saturated rings. The summed E-state index contributed by atoms with van der Waals surface area (Å²) in [5.41, 5.74) is 0. The number of phenols is 1. The second-order valence-corrected chi connectivity index (χ2v) is 3.99. The molecule has 1 aromatic rings. The van der Waals surface area contributed by atoms with E-state index in [0.717, 1.165) is 12.8 Å². The Morgan fingerprint density at radius 1 is 1.20 bits per heavy atom. The SMILES string of the molecule is Oc1ccc(OC2CCCCC2)cc1F. The Balaban J connectivity index is 2.00. The van der Waals surface area contributed by atoms with Crippen LogP contribution in [0, 0.1) is 5.82 Å². The van der Waals surface area contributed by atoms with E-state index in [1.54, 1.807) is 6.07 Å². The molecule has 0 aromatic heterocycles. The zero-order valence-electron chi connectivity index (χ0n) is 8.58. The number of ether oxygens (including phenoxy) is 1. The van der Waals surface area contributed by atoms with Crippen molar-refractivity contribution in [2.24, 2.45) is 0 Å². The molecule has 0 atom stereocenters. The van der Waals surface area contributed by atoms with Crippen LogP contribution in [-0.4, -0.2) is 11.2 Å². The van der Waals surface area contributed by atoms with Gasteiger partial charge in [0.25, 0.3) is 0 Å². The third-order valence-electron chi connectivity index (χ3n) is 2.77. The van der Waals surface area contributed by atoms with E-state index in [1.807, 2.05) is 0 Å². The molecule has 0 unspecified atom stereocenters. The highest BCUT2D eigenvalue weighted by molar-refractivity contribution is 5.32. The van der Waals surface area contributed by atoms with Crippen molar-refractivity contribution >= 4 is 0 Å². The first-order valence-electron chi connectivity index (χ1n) is 5.41. The summed E-state index contributed by atoms with van der Waals surface area (Å²) in [6.07, 6.45) is 5.94. The number of phenolic OH excluding ortho intramolecular Hbond substituents is 1. The fourth-order valence-corrected chi connectivity index (χ4v) is 1.94. The first-order chi connectivity index (χ1) is 7.25. The van der Waals surface area contributed by atoms with Crippen LogP contribution in [0.4, 0.5) is 4.39 Å². The highest BCUT2D eigenvalue weighted by atomic mass is 19.1. The van der Waals surface area contributed by atoms with E-state index in [-0.39, 0.29) is 11.9 Å². The Morgan fingerprint density at radius 2 is 1.93 bits per heavy atom. The van der Waals surface area contributed by atoms with Gasteiger partial charge >= 0.3 is 0 Å². The smallest absolute Gasteiger partial charge is 0.168 e. The Kier molecular flexibility index (Phi) is 3.09. The molecule has 1 aliphatic carbocycles. The molecular weight excluding hydrogens is 195 g/mol. The second-order valence-electron chi connectivity index (χ2n) is 3.99. The first-order valence-corrected chi connectivity index (χ1v) is 5.41. The molecule has 1 aromatic carbocycles. The van der Waals surface area contributed by atoms with Gasteiger partial charge in [0, 0.05) is 6.07 Å². The van der Waals surface area contributed by atoms with Crippen molar-refractivity contribution in [3.05, 3.63) is 24.0 Å². The molecule has 0 saturated heterocycles. The topological polar surface area (TPSA) is 29.5 Å². The lowest BCUT2D eigenvalue weighted by Crippen LogP contribution is -2.19. The number of aromatic hydroxyl groups is 1. The number of halogens is 1. The lowest BCUT2D eigenvalue weighted by Gasteiger charge is -2.22. The maximum absolute atomic E-state index is 13.0. The lowest BCUT2D eigenvalue weighted by molar-refractivity contribution is 0.154. The van der Waals surface area contributed by atoms with E-state index in [4.69, 9.17) is 9.84 Å². The van der Waals surface area contributed by atoms with Crippen molar-refractivity contribution in [1.82, 2.24) is 0 Å². The summed E-state index contributed by atoms with van der Waals surface area (Å²) in [4.78, 5) is 0. The van der Waals surface area contributed by atoms with Crippen LogP contribution >= 0.6 is 0 Å². The van der Waals surface area contributed by atoms with Crippen molar-refractivity contribution < 1.29 is 14.2 Å². The molecule has 2 rings (SSSR count). The average molecular weight is 210 g/mol. The zero-order chi connectivity index (χ0) is 10.7. The molecule has 1 N–H and O–H groups in total.